The van der Waals surface area contributed by atoms with Crippen LogP contribution >= 0.6 is 0 Å². The van der Waals surface area contributed by atoms with Gasteiger partial charge in [0.15, 0.2) is 6.04 Å². The fourth-order valence-electron chi connectivity index (χ4n) is 3.43. The van der Waals surface area contributed by atoms with Crippen LogP contribution in [0.15, 0.2) is 103 Å². The van der Waals surface area contributed by atoms with Crippen LogP contribution in [0.3, 0.4) is 0 Å². The molecule has 150 valence electrons. The Morgan fingerprint density at radius 2 is 1.40 bits per heavy atom. The maximum atomic E-state index is 13.1. The highest BCUT2D eigenvalue weighted by Crippen LogP contribution is 2.23. The molecule has 2 unspecified atom stereocenters. The van der Waals surface area contributed by atoms with Gasteiger partial charge in [0.1, 0.15) is 0 Å². The Morgan fingerprint density at radius 3 is 2.00 bits per heavy atom. The standard InChI is InChI=1S/C25H24N4O/c1-19(20-9-4-2-5-10-20)27-22-13-15-23(16-14-22)28-25(30)24(29-18-8-17-26-29)21-11-6-3-7-12-21/h2-19,24,27H,1H3,(H,28,30). The number of amides is 1. The van der Waals surface area contributed by atoms with Crippen molar-refractivity contribution in [3.63, 3.8) is 0 Å². The van der Waals surface area contributed by atoms with E-state index < -0.39 is 6.04 Å². The minimum absolute atomic E-state index is 0.136. The molecule has 0 fully saturated rings. The molecule has 0 saturated carbocycles. The fraction of sp³-hybridized carbons (Fsp3) is 0.120. The summed E-state index contributed by atoms with van der Waals surface area (Å²) >= 11 is 0. The van der Waals surface area contributed by atoms with Gasteiger partial charge in [0, 0.05) is 29.8 Å². The number of nitrogens with one attached hydrogen (secondary N) is 2. The Labute approximate surface area is 176 Å². The lowest BCUT2D eigenvalue weighted by atomic mass is 10.1. The zero-order valence-electron chi connectivity index (χ0n) is 16.8. The van der Waals surface area contributed by atoms with Crippen molar-refractivity contribution in [3.8, 4) is 0 Å². The number of rotatable bonds is 7. The smallest absolute Gasteiger partial charge is 0.253 e. The molecule has 0 aliphatic carbocycles. The number of hydrogen-bond acceptors (Lipinski definition) is 3. The molecule has 0 aliphatic heterocycles. The molecule has 2 atom stereocenters. The van der Waals surface area contributed by atoms with Gasteiger partial charge in [0.2, 0.25) is 0 Å². The Hall–Kier alpha value is -3.86. The molecule has 0 bridgehead atoms. The van der Waals surface area contributed by atoms with E-state index in [0.29, 0.717) is 0 Å². The molecule has 0 aliphatic rings. The summed E-state index contributed by atoms with van der Waals surface area (Å²) in [6.07, 6.45) is 3.48. The van der Waals surface area contributed by atoms with E-state index in [1.54, 1.807) is 17.1 Å². The van der Waals surface area contributed by atoms with Crippen LogP contribution in [-0.4, -0.2) is 15.7 Å². The van der Waals surface area contributed by atoms with Crippen molar-refractivity contribution in [3.05, 3.63) is 115 Å². The minimum atomic E-state index is -0.530. The monoisotopic (exact) mass is 396 g/mol. The highest BCUT2D eigenvalue weighted by molar-refractivity contribution is 5.95. The highest BCUT2D eigenvalue weighted by Gasteiger charge is 2.23. The average molecular weight is 396 g/mol. The average Bonchev–Trinajstić information content (AvgIpc) is 3.31. The van der Waals surface area contributed by atoms with Crippen LogP contribution in [0, 0.1) is 0 Å². The molecular weight excluding hydrogens is 372 g/mol. The molecule has 1 aromatic heterocycles. The van der Waals surface area contributed by atoms with Crippen molar-refractivity contribution in [1.29, 1.82) is 0 Å². The van der Waals surface area contributed by atoms with Crippen molar-refractivity contribution in [2.75, 3.05) is 10.6 Å². The first-order valence-electron chi connectivity index (χ1n) is 9.97. The van der Waals surface area contributed by atoms with Gasteiger partial charge in [0.05, 0.1) is 0 Å². The van der Waals surface area contributed by atoms with Crippen LogP contribution in [0.25, 0.3) is 0 Å². The molecule has 1 heterocycles. The number of nitrogens with zero attached hydrogens (tertiary/aromatic N) is 2. The van der Waals surface area contributed by atoms with Gasteiger partial charge in [-0.05, 0) is 48.4 Å². The lowest BCUT2D eigenvalue weighted by Crippen LogP contribution is -2.27. The van der Waals surface area contributed by atoms with Crippen molar-refractivity contribution < 1.29 is 4.79 Å². The van der Waals surface area contributed by atoms with Crippen LogP contribution in [0.5, 0.6) is 0 Å². The first-order chi connectivity index (χ1) is 14.7. The highest BCUT2D eigenvalue weighted by atomic mass is 16.2. The predicted octanol–water partition coefficient (Wildman–Crippen LogP) is 5.28. The summed E-state index contributed by atoms with van der Waals surface area (Å²) in [6.45, 7) is 2.12. The molecule has 5 nitrogen and oxygen atoms in total. The zero-order chi connectivity index (χ0) is 20.8. The lowest BCUT2D eigenvalue weighted by Gasteiger charge is -2.19. The number of aromatic nitrogens is 2. The van der Waals surface area contributed by atoms with Crippen LogP contribution in [-0.2, 0) is 4.79 Å². The summed E-state index contributed by atoms with van der Waals surface area (Å²) in [5.41, 5.74) is 3.84. The number of benzene rings is 3. The molecule has 4 rings (SSSR count). The summed E-state index contributed by atoms with van der Waals surface area (Å²) < 4.78 is 1.67. The van der Waals surface area contributed by atoms with Gasteiger partial charge in [-0.2, -0.15) is 5.10 Å². The third kappa shape index (κ3) is 4.58. The van der Waals surface area contributed by atoms with Crippen LogP contribution in [0.2, 0.25) is 0 Å². The van der Waals surface area contributed by atoms with Gasteiger partial charge in [0.25, 0.3) is 5.91 Å². The van der Waals surface area contributed by atoms with Gasteiger partial charge in [-0.25, -0.2) is 0 Å². The third-order valence-electron chi connectivity index (χ3n) is 4.99. The van der Waals surface area contributed by atoms with E-state index in [0.717, 1.165) is 16.9 Å². The van der Waals surface area contributed by atoms with Gasteiger partial charge in [-0.1, -0.05) is 60.7 Å². The molecule has 0 radical (unpaired) electrons. The molecule has 30 heavy (non-hydrogen) atoms. The maximum absolute atomic E-state index is 13.1. The Balaban J connectivity index is 1.46. The van der Waals surface area contributed by atoms with E-state index >= 15 is 0 Å². The van der Waals surface area contributed by atoms with E-state index in [1.165, 1.54) is 5.56 Å². The second-order valence-corrected chi connectivity index (χ2v) is 7.14. The predicted molar refractivity (Wildman–Crippen MR) is 120 cm³/mol. The van der Waals surface area contributed by atoms with Crippen LogP contribution < -0.4 is 10.6 Å². The first-order valence-corrected chi connectivity index (χ1v) is 9.97. The molecule has 0 saturated heterocycles. The SMILES string of the molecule is CC(Nc1ccc(NC(=O)C(c2ccccc2)n2cccn2)cc1)c1ccccc1. The van der Waals surface area contributed by atoms with Gasteiger partial charge in [-0.3, -0.25) is 9.48 Å². The lowest BCUT2D eigenvalue weighted by molar-refractivity contribution is -0.118. The quantitative estimate of drug-likeness (QED) is 0.447. The molecular formula is C25H24N4O. The summed E-state index contributed by atoms with van der Waals surface area (Å²) in [6, 6.07) is 29.2. The van der Waals surface area contributed by atoms with E-state index in [9.17, 15) is 4.79 Å². The Morgan fingerprint density at radius 1 is 0.800 bits per heavy atom. The molecule has 0 spiro atoms. The van der Waals surface area contributed by atoms with Crippen LogP contribution in [0.4, 0.5) is 11.4 Å². The summed E-state index contributed by atoms with van der Waals surface area (Å²) in [4.78, 5) is 13.1. The minimum Gasteiger partial charge on any atom is -0.379 e. The summed E-state index contributed by atoms with van der Waals surface area (Å²) in [7, 11) is 0. The van der Waals surface area contributed by atoms with Crippen molar-refractivity contribution in [2.24, 2.45) is 0 Å². The number of carbonyl (C=O) groups excluding carboxylic acids is 1. The fourth-order valence-corrected chi connectivity index (χ4v) is 3.43. The molecule has 4 aromatic rings. The summed E-state index contributed by atoms with van der Waals surface area (Å²) in [5, 5.41) is 10.8. The Kier molecular flexibility index (Phi) is 5.90. The largest absolute Gasteiger partial charge is 0.379 e. The first kappa shape index (κ1) is 19.5. The Bertz CT molecular complexity index is 1060. The topological polar surface area (TPSA) is 58.9 Å². The van der Waals surface area contributed by atoms with Gasteiger partial charge >= 0.3 is 0 Å². The normalized spacial score (nSPS) is 12.7. The molecule has 5 heteroatoms. The maximum Gasteiger partial charge on any atom is 0.253 e. The molecule has 1 amide bonds. The van der Waals surface area contributed by atoms with E-state index in [2.05, 4.69) is 34.8 Å². The molecule has 2 N–H and O–H groups in total. The number of hydrogen-bond donors (Lipinski definition) is 2. The zero-order valence-corrected chi connectivity index (χ0v) is 16.8. The second kappa shape index (κ2) is 9.09. The van der Waals surface area contributed by atoms with E-state index in [-0.39, 0.29) is 11.9 Å². The van der Waals surface area contributed by atoms with E-state index in [4.69, 9.17) is 0 Å². The van der Waals surface area contributed by atoms with Crippen LogP contribution in [0.1, 0.15) is 30.1 Å². The van der Waals surface area contributed by atoms with Gasteiger partial charge < -0.3 is 10.6 Å². The summed E-state index contributed by atoms with van der Waals surface area (Å²) in [5.74, 6) is -0.136. The van der Waals surface area contributed by atoms with E-state index in [1.807, 2.05) is 78.9 Å². The number of anilines is 2. The molecule has 3 aromatic carbocycles. The number of carbonyl (C=O) groups is 1. The van der Waals surface area contributed by atoms with Crippen molar-refractivity contribution in [1.82, 2.24) is 9.78 Å². The van der Waals surface area contributed by atoms with Crippen molar-refractivity contribution in [2.45, 2.75) is 19.0 Å². The van der Waals surface area contributed by atoms with Gasteiger partial charge in [-0.15, -0.1) is 0 Å². The third-order valence-corrected chi connectivity index (χ3v) is 4.99. The second-order valence-electron chi connectivity index (χ2n) is 7.14. The van der Waals surface area contributed by atoms with Crippen molar-refractivity contribution >= 4 is 17.3 Å².